The monoisotopic (exact) mass is 505 g/mol. The summed E-state index contributed by atoms with van der Waals surface area (Å²) in [6.45, 7) is 0. The largest absolute Gasteiger partial charge is 0.463 e. The molecule has 0 spiro atoms. The molecule has 3 heterocycles. The van der Waals surface area contributed by atoms with E-state index in [9.17, 15) is 9.59 Å². The van der Waals surface area contributed by atoms with Crippen molar-refractivity contribution < 1.29 is 9.21 Å². The Kier molecular flexibility index (Phi) is 6.44. The number of carbonyl (C=O) groups excluding carboxylic acids is 1. The van der Waals surface area contributed by atoms with Crippen LogP contribution in [-0.4, -0.2) is 25.7 Å². The van der Waals surface area contributed by atoms with Crippen molar-refractivity contribution in [3.05, 3.63) is 118 Å². The molecule has 190 valence electrons. The van der Waals surface area contributed by atoms with Gasteiger partial charge in [0.1, 0.15) is 11.5 Å². The zero-order valence-corrected chi connectivity index (χ0v) is 20.8. The van der Waals surface area contributed by atoms with E-state index in [2.05, 4.69) is 15.4 Å². The topological polar surface area (TPSA) is 106 Å². The Labute approximate surface area is 219 Å². The third-order valence-corrected chi connectivity index (χ3v) is 6.92. The Balaban J connectivity index is 1.35. The highest BCUT2D eigenvalue weighted by Gasteiger charge is 2.23. The van der Waals surface area contributed by atoms with Gasteiger partial charge in [-0.05, 0) is 48.9 Å². The van der Waals surface area contributed by atoms with Crippen molar-refractivity contribution in [3.8, 4) is 17.4 Å². The minimum Gasteiger partial charge on any atom is -0.463 e. The van der Waals surface area contributed by atoms with Crippen molar-refractivity contribution in [1.29, 1.82) is 0 Å². The minimum absolute atomic E-state index is 0.125. The van der Waals surface area contributed by atoms with Crippen LogP contribution in [0.15, 0.2) is 94.3 Å². The van der Waals surface area contributed by atoms with Crippen molar-refractivity contribution >= 4 is 11.7 Å². The maximum atomic E-state index is 13.5. The number of aromatic amines is 1. The van der Waals surface area contributed by atoms with Gasteiger partial charge in [0.15, 0.2) is 5.76 Å². The first-order valence-corrected chi connectivity index (χ1v) is 12.8. The lowest BCUT2D eigenvalue weighted by molar-refractivity contribution is -0.116. The van der Waals surface area contributed by atoms with Gasteiger partial charge in [-0.2, -0.15) is 9.78 Å². The normalized spacial score (nSPS) is 12.9. The predicted octanol–water partition coefficient (Wildman–Crippen LogP) is 5.26. The Morgan fingerprint density at radius 2 is 1.68 bits per heavy atom. The first kappa shape index (κ1) is 23.7. The zero-order valence-electron chi connectivity index (χ0n) is 20.8. The second kappa shape index (κ2) is 10.3. The highest BCUT2D eigenvalue weighted by atomic mass is 16.3. The number of H-pyrrole nitrogens is 1. The molecule has 6 rings (SSSR count). The van der Waals surface area contributed by atoms with Gasteiger partial charge in [0.05, 0.1) is 12.0 Å². The van der Waals surface area contributed by atoms with E-state index in [1.54, 1.807) is 24.5 Å². The van der Waals surface area contributed by atoms with E-state index >= 15 is 0 Å². The van der Waals surface area contributed by atoms with Gasteiger partial charge in [0, 0.05) is 24.0 Å². The average Bonchev–Trinajstić information content (AvgIpc) is 3.63. The van der Waals surface area contributed by atoms with Crippen LogP contribution in [0.25, 0.3) is 17.4 Å². The molecule has 0 saturated carbocycles. The third-order valence-electron chi connectivity index (χ3n) is 6.92. The number of amides is 1. The number of aryl methyl sites for hydroxylation is 1. The van der Waals surface area contributed by atoms with Crippen LogP contribution in [0.5, 0.6) is 0 Å². The quantitative estimate of drug-likeness (QED) is 0.314. The molecule has 8 heteroatoms. The van der Waals surface area contributed by atoms with Gasteiger partial charge in [0.2, 0.25) is 11.9 Å². The molecule has 38 heavy (non-hydrogen) atoms. The van der Waals surface area contributed by atoms with E-state index in [1.807, 2.05) is 60.7 Å². The number of nitrogens with zero attached hydrogens (tertiary/aromatic N) is 3. The van der Waals surface area contributed by atoms with Gasteiger partial charge in [0.25, 0.3) is 5.56 Å². The Morgan fingerprint density at radius 3 is 2.37 bits per heavy atom. The lowest BCUT2D eigenvalue weighted by Gasteiger charge is -2.18. The molecule has 0 unspecified atom stereocenters. The van der Waals surface area contributed by atoms with E-state index in [1.165, 1.54) is 4.68 Å². The smallest absolute Gasteiger partial charge is 0.255 e. The molecule has 1 aliphatic rings. The number of carbonyl (C=O) groups is 1. The Morgan fingerprint density at radius 1 is 0.974 bits per heavy atom. The standard InChI is InChI=1S/C30H27N5O3/c36-28(18-23(20-10-3-1-4-11-20)21-12-5-2-6-13-21)32-27-19-25(26-16-9-17-38-26)34-35(27)30-31-24-15-8-7-14-22(24)29(37)33-30/h1-6,9-13,16-17,19,23H,7-8,14-15,18H2,(H,32,36)(H,31,33,37). The average molecular weight is 506 g/mol. The molecule has 0 radical (unpaired) electrons. The maximum Gasteiger partial charge on any atom is 0.255 e. The zero-order chi connectivity index (χ0) is 25.9. The fourth-order valence-corrected chi connectivity index (χ4v) is 5.04. The molecule has 2 aromatic carbocycles. The van der Waals surface area contributed by atoms with Crippen LogP contribution >= 0.6 is 0 Å². The van der Waals surface area contributed by atoms with Gasteiger partial charge in [-0.3, -0.25) is 14.6 Å². The number of hydrogen-bond donors (Lipinski definition) is 2. The van der Waals surface area contributed by atoms with Crippen LogP contribution in [0.2, 0.25) is 0 Å². The minimum atomic E-state index is -0.185. The van der Waals surface area contributed by atoms with E-state index in [0.717, 1.165) is 48.1 Å². The summed E-state index contributed by atoms with van der Waals surface area (Å²) in [6.07, 6.45) is 5.23. The molecule has 0 saturated heterocycles. The van der Waals surface area contributed by atoms with Crippen LogP contribution < -0.4 is 10.9 Å². The van der Waals surface area contributed by atoms with Crippen LogP contribution in [0.4, 0.5) is 5.82 Å². The van der Waals surface area contributed by atoms with E-state index in [4.69, 9.17) is 9.40 Å². The fourth-order valence-electron chi connectivity index (χ4n) is 5.04. The third kappa shape index (κ3) is 4.80. The number of furan rings is 1. The molecular weight excluding hydrogens is 478 g/mol. The lowest BCUT2D eigenvalue weighted by atomic mass is 9.88. The first-order valence-electron chi connectivity index (χ1n) is 12.8. The number of fused-ring (bicyclic) bond motifs is 1. The summed E-state index contributed by atoms with van der Waals surface area (Å²) >= 11 is 0. The summed E-state index contributed by atoms with van der Waals surface area (Å²) in [5, 5.41) is 7.66. The van der Waals surface area contributed by atoms with Crippen molar-refractivity contribution in [2.24, 2.45) is 0 Å². The van der Waals surface area contributed by atoms with Crippen LogP contribution in [0.1, 0.15) is 47.6 Å². The summed E-state index contributed by atoms with van der Waals surface area (Å²) in [4.78, 5) is 33.9. The Bertz CT molecular complexity index is 1570. The molecule has 8 nitrogen and oxygen atoms in total. The van der Waals surface area contributed by atoms with Crippen molar-refractivity contribution in [2.45, 2.75) is 38.0 Å². The first-order chi connectivity index (χ1) is 18.7. The summed E-state index contributed by atoms with van der Waals surface area (Å²) in [6, 6.07) is 25.3. The van der Waals surface area contributed by atoms with Crippen molar-refractivity contribution in [3.63, 3.8) is 0 Å². The van der Waals surface area contributed by atoms with Crippen LogP contribution in [0.3, 0.4) is 0 Å². The number of anilines is 1. The van der Waals surface area contributed by atoms with Crippen LogP contribution in [0, 0.1) is 0 Å². The summed E-state index contributed by atoms with van der Waals surface area (Å²) in [7, 11) is 0. The molecule has 0 bridgehead atoms. The number of benzene rings is 2. The number of hydrogen-bond acceptors (Lipinski definition) is 5. The molecular formula is C30H27N5O3. The van der Waals surface area contributed by atoms with Gasteiger partial charge in [-0.25, -0.2) is 4.98 Å². The molecule has 3 aromatic heterocycles. The molecule has 1 aliphatic carbocycles. The highest BCUT2D eigenvalue weighted by Crippen LogP contribution is 2.30. The Hall–Kier alpha value is -4.72. The van der Waals surface area contributed by atoms with Crippen LogP contribution in [-0.2, 0) is 17.6 Å². The summed E-state index contributed by atoms with van der Waals surface area (Å²) in [5.41, 5.74) is 3.99. The van der Waals surface area contributed by atoms with Gasteiger partial charge in [-0.1, -0.05) is 60.7 Å². The van der Waals surface area contributed by atoms with Gasteiger partial charge >= 0.3 is 0 Å². The predicted molar refractivity (Wildman–Crippen MR) is 144 cm³/mol. The van der Waals surface area contributed by atoms with Crippen molar-refractivity contribution in [2.75, 3.05) is 5.32 Å². The lowest BCUT2D eigenvalue weighted by Crippen LogP contribution is -2.25. The van der Waals surface area contributed by atoms with Gasteiger partial charge < -0.3 is 9.73 Å². The second-order valence-electron chi connectivity index (χ2n) is 9.45. The second-order valence-corrected chi connectivity index (χ2v) is 9.45. The SMILES string of the molecule is O=C(CC(c1ccccc1)c1ccccc1)Nc1cc(-c2ccco2)nn1-c1nc2c(c(=O)[nH]1)CCCC2. The summed E-state index contributed by atoms with van der Waals surface area (Å²) in [5.74, 6) is 0.910. The molecule has 0 aliphatic heterocycles. The molecule has 2 N–H and O–H groups in total. The highest BCUT2D eigenvalue weighted by molar-refractivity contribution is 5.91. The van der Waals surface area contributed by atoms with E-state index < -0.39 is 0 Å². The summed E-state index contributed by atoms with van der Waals surface area (Å²) < 4.78 is 7.02. The maximum absolute atomic E-state index is 13.5. The number of nitrogens with one attached hydrogen (secondary N) is 2. The van der Waals surface area contributed by atoms with E-state index in [0.29, 0.717) is 17.3 Å². The number of aromatic nitrogens is 4. The molecule has 0 atom stereocenters. The van der Waals surface area contributed by atoms with Gasteiger partial charge in [-0.15, -0.1) is 0 Å². The molecule has 5 aromatic rings. The van der Waals surface area contributed by atoms with E-state index in [-0.39, 0.29) is 29.8 Å². The fraction of sp³-hybridized carbons (Fsp3) is 0.200. The molecule has 0 fully saturated rings. The molecule has 1 amide bonds. The number of rotatable bonds is 7. The van der Waals surface area contributed by atoms with Crippen molar-refractivity contribution in [1.82, 2.24) is 19.7 Å².